The first-order chi connectivity index (χ1) is 14.2. The average Bonchev–Trinajstić information content (AvgIpc) is 3.35. The molecule has 29 heavy (non-hydrogen) atoms. The lowest BCUT2D eigenvalue weighted by Gasteiger charge is -2.12. The summed E-state index contributed by atoms with van der Waals surface area (Å²) >= 11 is 0. The summed E-state index contributed by atoms with van der Waals surface area (Å²) in [5.41, 5.74) is 6.27. The second-order valence-electron chi connectivity index (χ2n) is 7.79. The van der Waals surface area contributed by atoms with Crippen molar-refractivity contribution in [2.45, 2.75) is 45.1 Å². The van der Waals surface area contributed by atoms with Gasteiger partial charge in [0.05, 0.1) is 17.9 Å². The monoisotopic (exact) mass is 389 g/mol. The van der Waals surface area contributed by atoms with Crippen molar-refractivity contribution in [3.05, 3.63) is 64.7 Å². The summed E-state index contributed by atoms with van der Waals surface area (Å²) in [5.74, 6) is 1.03. The lowest BCUT2D eigenvalue weighted by molar-refractivity contribution is 0.0895. The molecule has 2 aliphatic rings. The van der Waals surface area contributed by atoms with E-state index in [0.29, 0.717) is 12.3 Å². The van der Waals surface area contributed by atoms with Crippen LogP contribution < -0.4 is 10.1 Å². The van der Waals surface area contributed by atoms with E-state index in [2.05, 4.69) is 34.5 Å². The van der Waals surface area contributed by atoms with Crippen LogP contribution in [0.4, 0.5) is 0 Å². The molecular formula is C23H23N3O3. The van der Waals surface area contributed by atoms with Crippen LogP contribution in [0, 0.1) is 6.92 Å². The summed E-state index contributed by atoms with van der Waals surface area (Å²) in [4.78, 5) is 17.1. The largest absolute Gasteiger partial charge is 0.488 e. The topological polar surface area (TPSA) is 77.3 Å². The van der Waals surface area contributed by atoms with Crippen LogP contribution in [0.1, 0.15) is 45.8 Å². The molecule has 148 valence electrons. The highest BCUT2D eigenvalue weighted by Crippen LogP contribution is 2.33. The third kappa shape index (κ3) is 3.39. The Labute approximate surface area is 169 Å². The van der Waals surface area contributed by atoms with Crippen molar-refractivity contribution in [1.29, 1.82) is 0 Å². The van der Waals surface area contributed by atoms with Gasteiger partial charge in [-0.3, -0.25) is 9.78 Å². The van der Waals surface area contributed by atoms with Crippen molar-refractivity contribution in [1.82, 2.24) is 15.5 Å². The Bertz CT molecular complexity index is 1070. The van der Waals surface area contributed by atoms with Crippen LogP contribution in [0.15, 0.2) is 41.1 Å². The molecule has 1 aromatic carbocycles. The van der Waals surface area contributed by atoms with E-state index in [1.165, 1.54) is 0 Å². The number of carbonyl (C=O) groups excluding carboxylic acids is 1. The van der Waals surface area contributed by atoms with Crippen molar-refractivity contribution in [3.63, 3.8) is 0 Å². The molecule has 6 nitrogen and oxygen atoms in total. The number of hydrogen-bond acceptors (Lipinski definition) is 5. The second-order valence-corrected chi connectivity index (χ2v) is 7.79. The molecule has 0 bridgehead atoms. The summed E-state index contributed by atoms with van der Waals surface area (Å²) in [6.45, 7) is 2.49. The van der Waals surface area contributed by atoms with Crippen LogP contribution in [0.3, 0.4) is 0 Å². The molecule has 1 atom stereocenters. The Morgan fingerprint density at radius 1 is 1.24 bits per heavy atom. The highest BCUT2D eigenvalue weighted by molar-refractivity contribution is 5.93. The van der Waals surface area contributed by atoms with Gasteiger partial charge in [0, 0.05) is 23.7 Å². The molecule has 0 unspecified atom stereocenters. The number of rotatable bonds is 4. The molecule has 6 heteroatoms. The van der Waals surface area contributed by atoms with E-state index in [4.69, 9.17) is 9.26 Å². The molecular weight excluding hydrogens is 366 g/mol. The number of ether oxygens (including phenoxy) is 1. The maximum Gasteiger partial charge on any atom is 0.290 e. The molecule has 1 aliphatic carbocycles. The zero-order valence-electron chi connectivity index (χ0n) is 16.4. The van der Waals surface area contributed by atoms with Gasteiger partial charge in [-0.2, -0.15) is 0 Å². The number of amides is 1. The normalized spacial score (nSPS) is 17.3. The molecule has 0 radical (unpaired) electrons. The number of aryl methyl sites for hydroxylation is 2. The van der Waals surface area contributed by atoms with E-state index >= 15 is 0 Å². The molecule has 2 aromatic heterocycles. The summed E-state index contributed by atoms with van der Waals surface area (Å²) < 4.78 is 11.3. The molecule has 5 rings (SSSR count). The third-order valence-electron chi connectivity index (χ3n) is 5.74. The number of benzene rings is 1. The van der Waals surface area contributed by atoms with Crippen LogP contribution in [-0.4, -0.2) is 28.7 Å². The van der Waals surface area contributed by atoms with E-state index in [1.54, 1.807) is 0 Å². The predicted molar refractivity (Wildman–Crippen MR) is 108 cm³/mol. The Morgan fingerprint density at radius 3 is 3.03 bits per heavy atom. The fraction of sp³-hybridized carbons (Fsp3) is 0.348. The molecule has 3 heterocycles. The molecule has 1 N–H and O–H groups in total. The quantitative estimate of drug-likeness (QED) is 0.737. The van der Waals surface area contributed by atoms with Gasteiger partial charge in [-0.1, -0.05) is 11.2 Å². The lowest BCUT2D eigenvalue weighted by atomic mass is 9.96. The number of hydrogen-bond donors (Lipinski definition) is 1. The van der Waals surface area contributed by atoms with E-state index in [9.17, 15) is 4.79 Å². The zero-order chi connectivity index (χ0) is 19.8. The van der Waals surface area contributed by atoms with Gasteiger partial charge in [0.15, 0.2) is 0 Å². The van der Waals surface area contributed by atoms with Crippen LogP contribution in [0.25, 0.3) is 11.3 Å². The molecule has 0 saturated carbocycles. The number of aromatic nitrogens is 2. The SMILES string of the molecule is Cc1cccnc1-c1ccc2c(c1)C[C@@H](CNC(=O)c1onc3c1CCCC3)O2. The Balaban J connectivity index is 1.25. The Morgan fingerprint density at radius 2 is 2.14 bits per heavy atom. The maximum atomic E-state index is 12.6. The van der Waals surface area contributed by atoms with Gasteiger partial charge >= 0.3 is 0 Å². The van der Waals surface area contributed by atoms with E-state index < -0.39 is 0 Å². The molecule has 0 saturated heterocycles. The fourth-order valence-electron chi connectivity index (χ4n) is 4.23. The highest BCUT2D eigenvalue weighted by Gasteiger charge is 2.27. The zero-order valence-corrected chi connectivity index (χ0v) is 16.4. The van der Waals surface area contributed by atoms with Crippen molar-refractivity contribution in [2.75, 3.05) is 6.54 Å². The fourth-order valence-corrected chi connectivity index (χ4v) is 4.23. The van der Waals surface area contributed by atoms with Crippen molar-refractivity contribution in [3.8, 4) is 17.0 Å². The first kappa shape index (κ1) is 17.9. The van der Waals surface area contributed by atoms with Crippen LogP contribution in [-0.2, 0) is 19.3 Å². The predicted octanol–water partition coefficient (Wildman–Crippen LogP) is 3.66. The highest BCUT2D eigenvalue weighted by atomic mass is 16.5. The minimum atomic E-state index is -0.204. The second kappa shape index (κ2) is 7.35. The molecule has 3 aromatic rings. The van der Waals surface area contributed by atoms with Gasteiger partial charge in [0.25, 0.3) is 5.91 Å². The molecule has 1 aliphatic heterocycles. The maximum absolute atomic E-state index is 12.6. The van der Waals surface area contributed by atoms with E-state index in [0.717, 1.165) is 71.5 Å². The standard InChI is InChI=1S/C23H23N3O3/c1-14-5-4-10-24-21(14)15-8-9-20-16(11-15)12-17(28-20)13-25-23(27)22-18-6-2-3-7-19(18)26-29-22/h4-5,8-11,17H,2-3,6-7,12-13H2,1H3,(H,25,27)/t17-/m0/s1. The van der Waals surface area contributed by atoms with Crippen molar-refractivity contribution < 1.29 is 14.1 Å². The van der Waals surface area contributed by atoms with E-state index in [1.807, 2.05) is 24.4 Å². The molecule has 0 spiro atoms. The number of carbonyl (C=O) groups is 1. The van der Waals surface area contributed by atoms with Gasteiger partial charge in [0.2, 0.25) is 5.76 Å². The van der Waals surface area contributed by atoms with Crippen LogP contribution >= 0.6 is 0 Å². The van der Waals surface area contributed by atoms with Gasteiger partial charge in [-0.15, -0.1) is 0 Å². The van der Waals surface area contributed by atoms with Gasteiger partial charge in [-0.25, -0.2) is 0 Å². The number of pyridine rings is 1. The number of fused-ring (bicyclic) bond motifs is 2. The van der Waals surface area contributed by atoms with Gasteiger partial charge in [-0.05, 0) is 68.0 Å². The first-order valence-corrected chi connectivity index (χ1v) is 10.2. The lowest BCUT2D eigenvalue weighted by Crippen LogP contribution is -2.34. The summed E-state index contributed by atoms with van der Waals surface area (Å²) in [6, 6.07) is 10.2. The van der Waals surface area contributed by atoms with Gasteiger partial charge in [0.1, 0.15) is 11.9 Å². The summed E-state index contributed by atoms with van der Waals surface area (Å²) in [7, 11) is 0. The third-order valence-corrected chi connectivity index (χ3v) is 5.74. The average molecular weight is 389 g/mol. The van der Waals surface area contributed by atoms with Crippen LogP contribution in [0.2, 0.25) is 0 Å². The van der Waals surface area contributed by atoms with Crippen molar-refractivity contribution in [2.24, 2.45) is 0 Å². The first-order valence-electron chi connectivity index (χ1n) is 10.2. The smallest absolute Gasteiger partial charge is 0.290 e. The van der Waals surface area contributed by atoms with Crippen molar-refractivity contribution >= 4 is 5.91 Å². The number of nitrogens with zero attached hydrogens (tertiary/aromatic N) is 2. The minimum Gasteiger partial charge on any atom is -0.488 e. The molecule has 0 fully saturated rings. The Hall–Kier alpha value is -3.15. The minimum absolute atomic E-state index is 0.0900. The molecule has 1 amide bonds. The summed E-state index contributed by atoms with van der Waals surface area (Å²) in [5, 5.41) is 7.02. The summed E-state index contributed by atoms with van der Waals surface area (Å²) in [6.07, 6.45) is 6.42. The van der Waals surface area contributed by atoms with Gasteiger partial charge < -0.3 is 14.6 Å². The Kier molecular flexibility index (Phi) is 4.54. The van der Waals surface area contributed by atoms with E-state index in [-0.39, 0.29) is 12.0 Å². The van der Waals surface area contributed by atoms with Crippen LogP contribution in [0.5, 0.6) is 5.75 Å². The number of nitrogens with one attached hydrogen (secondary N) is 1.